The number of methoxy groups -OCH3 is 1. The third-order valence-electron chi connectivity index (χ3n) is 5.88. The second-order valence-electron chi connectivity index (χ2n) is 7.83. The lowest BCUT2D eigenvalue weighted by Crippen LogP contribution is -2.38. The molecule has 1 aliphatic rings. The zero-order valence-electron chi connectivity index (χ0n) is 16.9. The van der Waals surface area contributed by atoms with E-state index in [9.17, 15) is 14.4 Å². The molecule has 4 rings (SSSR count). The molecular formula is C23H25N3O4. The number of amides is 1. The Balaban J connectivity index is 1.39. The molecule has 0 spiro atoms. The summed E-state index contributed by atoms with van der Waals surface area (Å²) in [6.45, 7) is 0.378. The van der Waals surface area contributed by atoms with Gasteiger partial charge in [0, 0.05) is 24.2 Å². The predicted octanol–water partition coefficient (Wildman–Crippen LogP) is 3.14. The molecule has 30 heavy (non-hydrogen) atoms. The van der Waals surface area contributed by atoms with Gasteiger partial charge in [-0.15, -0.1) is 0 Å². The Morgan fingerprint density at radius 2 is 1.87 bits per heavy atom. The van der Waals surface area contributed by atoms with Crippen LogP contribution in [-0.4, -0.2) is 22.6 Å². The molecule has 0 bridgehead atoms. The molecule has 0 saturated heterocycles. The summed E-state index contributed by atoms with van der Waals surface area (Å²) in [5, 5.41) is 3.48. The van der Waals surface area contributed by atoms with Crippen LogP contribution in [0.4, 0.5) is 5.69 Å². The molecule has 7 nitrogen and oxygen atoms in total. The Kier molecular flexibility index (Phi) is 5.70. The van der Waals surface area contributed by atoms with Crippen molar-refractivity contribution in [2.75, 3.05) is 12.4 Å². The molecule has 1 heterocycles. The van der Waals surface area contributed by atoms with Gasteiger partial charge in [-0.2, -0.15) is 0 Å². The average molecular weight is 407 g/mol. The van der Waals surface area contributed by atoms with Crippen molar-refractivity contribution in [3.05, 3.63) is 69.4 Å². The number of nitrogens with one attached hydrogen (secondary N) is 2. The first-order valence-corrected chi connectivity index (χ1v) is 10.2. The van der Waals surface area contributed by atoms with Crippen molar-refractivity contribution in [1.82, 2.24) is 9.55 Å². The third kappa shape index (κ3) is 4.15. The highest BCUT2D eigenvalue weighted by molar-refractivity contribution is 5.92. The van der Waals surface area contributed by atoms with Crippen LogP contribution in [0.15, 0.2) is 58.1 Å². The first-order valence-electron chi connectivity index (χ1n) is 10.2. The molecule has 1 aliphatic carbocycles. The zero-order valence-corrected chi connectivity index (χ0v) is 16.9. The van der Waals surface area contributed by atoms with Crippen LogP contribution in [0.5, 0.6) is 5.75 Å². The number of carbonyl (C=O) groups excluding carboxylic acids is 1. The summed E-state index contributed by atoms with van der Waals surface area (Å²) < 4.78 is 6.49. The molecule has 0 atom stereocenters. The Morgan fingerprint density at radius 1 is 1.10 bits per heavy atom. The second-order valence-corrected chi connectivity index (χ2v) is 7.83. The molecule has 1 amide bonds. The van der Waals surface area contributed by atoms with Gasteiger partial charge in [-0.05, 0) is 55.9 Å². The standard InChI is InChI=1S/C23H25N3O4/c1-30-18-6-4-5-17(13-18)24-21(27)16-11-9-15(10-12-16)14-26-22(28)19-7-2-3-8-20(19)25-23(26)29/h2-8,13,15-16H,9-12,14H2,1H3,(H,24,27)(H,25,29). The number of benzene rings is 2. The minimum Gasteiger partial charge on any atom is -0.497 e. The van der Waals surface area contributed by atoms with Gasteiger partial charge in [-0.25, -0.2) is 4.79 Å². The minimum atomic E-state index is -0.378. The number of aromatic amines is 1. The van der Waals surface area contributed by atoms with Crippen molar-refractivity contribution in [2.45, 2.75) is 32.2 Å². The van der Waals surface area contributed by atoms with Crippen LogP contribution in [0.1, 0.15) is 25.7 Å². The van der Waals surface area contributed by atoms with Gasteiger partial charge in [0.05, 0.1) is 18.0 Å². The number of anilines is 1. The second kappa shape index (κ2) is 8.57. The Hall–Kier alpha value is -3.35. The predicted molar refractivity (Wildman–Crippen MR) is 116 cm³/mol. The zero-order chi connectivity index (χ0) is 21.1. The molecule has 0 radical (unpaired) electrons. The summed E-state index contributed by atoms with van der Waals surface area (Å²) in [5.74, 6) is 0.829. The fraction of sp³-hybridized carbons (Fsp3) is 0.348. The number of hydrogen-bond donors (Lipinski definition) is 2. The Labute approximate surface area is 173 Å². The van der Waals surface area contributed by atoms with Crippen molar-refractivity contribution in [2.24, 2.45) is 11.8 Å². The SMILES string of the molecule is COc1cccc(NC(=O)C2CCC(Cn3c(=O)[nH]c4ccccc4c3=O)CC2)c1. The Bertz CT molecular complexity index is 1170. The van der Waals surface area contributed by atoms with E-state index in [2.05, 4.69) is 10.3 Å². The summed E-state index contributed by atoms with van der Waals surface area (Å²) in [5.41, 5.74) is 0.640. The topological polar surface area (TPSA) is 93.2 Å². The van der Waals surface area contributed by atoms with Crippen molar-refractivity contribution in [3.8, 4) is 5.75 Å². The van der Waals surface area contributed by atoms with E-state index in [1.54, 1.807) is 37.4 Å². The van der Waals surface area contributed by atoms with E-state index in [4.69, 9.17) is 4.74 Å². The van der Waals surface area contributed by atoms with E-state index in [0.717, 1.165) is 31.4 Å². The van der Waals surface area contributed by atoms with Crippen LogP contribution in [0.25, 0.3) is 10.9 Å². The van der Waals surface area contributed by atoms with E-state index in [1.165, 1.54) is 4.57 Å². The first-order chi connectivity index (χ1) is 14.5. The van der Waals surface area contributed by atoms with Gasteiger partial charge in [0.2, 0.25) is 5.91 Å². The van der Waals surface area contributed by atoms with Gasteiger partial charge >= 0.3 is 5.69 Å². The highest BCUT2D eigenvalue weighted by Crippen LogP contribution is 2.30. The van der Waals surface area contributed by atoms with Crippen molar-refractivity contribution in [3.63, 3.8) is 0 Å². The fourth-order valence-electron chi connectivity index (χ4n) is 4.18. The summed E-state index contributed by atoms with van der Waals surface area (Å²) in [6, 6.07) is 14.3. The summed E-state index contributed by atoms with van der Waals surface area (Å²) in [4.78, 5) is 40.5. The molecule has 3 aromatic rings. The van der Waals surface area contributed by atoms with E-state index in [0.29, 0.717) is 23.2 Å². The van der Waals surface area contributed by atoms with Crippen LogP contribution in [0, 0.1) is 11.8 Å². The minimum absolute atomic E-state index is 0.00224. The lowest BCUT2D eigenvalue weighted by molar-refractivity contribution is -0.121. The Morgan fingerprint density at radius 3 is 2.63 bits per heavy atom. The normalized spacial score (nSPS) is 18.8. The smallest absolute Gasteiger partial charge is 0.328 e. The summed E-state index contributed by atoms with van der Waals surface area (Å²) in [6.07, 6.45) is 3.07. The van der Waals surface area contributed by atoms with Gasteiger partial charge in [-0.3, -0.25) is 14.2 Å². The van der Waals surface area contributed by atoms with Gasteiger partial charge in [0.25, 0.3) is 5.56 Å². The van der Waals surface area contributed by atoms with E-state index in [1.807, 2.05) is 18.2 Å². The molecule has 1 aromatic heterocycles. The highest BCUT2D eigenvalue weighted by Gasteiger charge is 2.27. The van der Waals surface area contributed by atoms with Gasteiger partial charge in [0.15, 0.2) is 0 Å². The van der Waals surface area contributed by atoms with Crippen LogP contribution < -0.4 is 21.3 Å². The van der Waals surface area contributed by atoms with Crippen LogP contribution in [-0.2, 0) is 11.3 Å². The average Bonchev–Trinajstić information content (AvgIpc) is 2.77. The van der Waals surface area contributed by atoms with Gasteiger partial charge in [0.1, 0.15) is 5.75 Å². The monoisotopic (exact) mass is 407 g/mol. The number of rotatable bonds is 5. The van der Waals surface area contributed by atoms with Gasteiger partial charge < -0.3 is 15.0 Å². The first kappa shape index (κ1) is 19.9. The molecule has 0 aliphatic heterocycles. The quantitative estimate of drug-likeness (QED) is 0.680. The van der Waals surface area contributed by atoms with Crippen LogP contribution in [0.3, 0.4) is 0 Å². The number of H-pyrrole nitrogens is 1. The van der Waals surface area contributed by atoms with E-state index < -0.39 is 0 Å². The van der Waals surface area contributed by atoms with Crippen LogP contribution in [0.2, 0.25) is 0 Å². The molecule has 1 saturated carbocycles. The maximum absolute atomic E-state index is 12.7. The van der Waals surface area contributed by atoms with Crippen molar-refractivity contribution < 1.29 is 9.53 Å². The summed E-state index contributed by atoms with van der Waals surface area (Å²) in [7, 11) is 1.59. The third-order valence-corrected chi connectivity index (χ3v) is 5.88. The van der Waals surface area contributed by atoms with Gasteiger partial charge in [-0.1, -0.05) is 18.2 Å². The van der Waals surface area contributed by atoms with E-state index in [-0.39, 0.29) is 29.0 Å². The molecule has 1 fully saturated rings. The number of nitrogens with zero attached hydrogens (tertiary/aromatic N) is 1. The molecule has 0 unspecified atom stereocenters. The highest BCUT2D eigenvalue weighted by atomic mass is 16.5. The number of hydrogen-bond acceptors (Lipinski definition) is 4. The molecular weight excluding hydrogens is 382 g/mol. The number of para-hydroxylation sites is 1. The van der Waals surface area contributed by atoms with E-state index >= 15 is 0 Å². The van der Waals surface area contributed by atoms with Crippen molar-refractivity contribution >= 4 is 22.5 Å². The maximum Gasteiger partial charge on any atom is 0.328 e. The summed E-state index contributed by atoms with van der Waals surface area (Å²) >= 11 is 0. The number of aromatic nitrogens is 2. The molecule has 2 N–H and O–H groups in total. The maximum atomic E-state index is 12.7. The largest absolute Gasteiger partial charge is 0.497 e. The molecule has 7 heteroatoms. The number of ether oxygens (including phenoxy) is 1. The molecule has 156 valence electrons. The van der Waals surface area contributed by atoms with Crippen LogP contribution >= 0.6 is 0 Å². The number of fused-ring (bicyclic) bond motifs is 1. The lowest BCUT2D eigenvalue weighted by Gasteiger charge is -2.28. The lowest BCUT2D eigenvalue weighted by atomic mass is 9.81. The molecule has 2 aromatic carbocycles. The van der Waals surface area contributed by atoms with Crippen molar-refractivity contribution in [1.29, 1.82) is 0 Å². The number of carbonyl (C=O) groups is 1. The fourth-order valence-corrected chi connectivity index (χ4v) is 4.18.